The molecule has 2 aliphatic rings. The molecule has 1 amide bonds. The number of aromatic nitrogens is 1. The van der Waals surface area contributed by atoms with Gasteiger partial charge in [-0.2, -0.15) is 13.2 Å². The van der Waals surface area contributed by atoms with Crippen LogP contribution in [0, 0.1) is 0 Å². The second-order valence-corrected chi connectivity index (χ2v) is 9.30. The number of anilines is 2. The Morgan fingerprint density at radius 1 is 1.15 bits per heavy atom. The van der Waals surface area contributed by atoms with Gasteiger partial charge in [0.05, 0.1) is 36.1 Å². The number of hydrogen-bond acceptors (Lipinski definition) is 5. The van der Waals surface area contributed by atoms with E-state index in [1.165, 1.54) is 6.20 Å². The molecule has 0 bridgehead atoms. The highest BCUT2D eigenvalue weighted by Gasteiger charge is 2.32. The first-order valence-electron chi connectivity index (χ1n) is 11.1. The van der Waals surface area contributed by atoms with E-state index in [1.54, 1.807) is 0 Å². The van der Waals surface area contributed by atoms with Crippen LogP contribution in [0.1, 0.15) is 31.4 Å². The van der Waals surface area contributed by atoms with Crippen molar-refractivity contribution in [3.63, 3.8) is 0 Å². The molecule has 2 aliphatic heterocycles. The van der Waals surface area contributed by atoms with E-state index in [1.807, 2.05) is 29.2 Å². The molecule has 1 N–H and O–H groups in total. The molecule has 0 radical (unpaired) electrons. The molecule has 4 rings (SSSR count). The third kappa shape index (κ3) is 5.96. The Balaban J connectivity index is 1.29. The van der Waals surface area contributed by atoms with Crippen LogP contribution in [0.25, 0.3) is 0 Å². The van der Waals surface area contributed by atoms with Crippen LogP contribution in [0.2, 0.25) is 0 Å². The SMILES string of the molecule is CC1(C)CN(c2ccc(CC(=O)N[C@@H]3CCN(c4cncc(C(F)(F)F)c4)C3)cc2)CCO1. The summed E-state index contributed by atoms with van der Waals surface area (Å²) in [7, 11) is 0. The van der Waals surface area contributed by atoms with Crippen LogP contribution in [0.15, 0.2) is 42.7 Å². The Hall–Kier alpha value is -2.81. The van der Waals surface area contributed by atoms with Gasteiger partial charge in [-0.05, 0) is 44.0 Å². The zero-order valence-electron chi connectivity index (χ0n) is 18.9. The molecule has 2 aromatic rings. The van der Waals surface area contributed by atoms with Crippen LogP contribution in [-0.4, -0.2) is 55.3 Å². The topological polar surface area (TPSA) is 57.7 Å². The third-order valence-electron chi connectivity index (χ3n) is 6.06. The first-order valence-corrected chi connectivity index (χ1v) is 11.1. The molecule has 3 heterocycles. The Morgan fingerprint density at radius 2 is 1.91 bits per heavy atom. The first kappa shape index (κ1) is 23.4. The number of hydrogen-bond donors (Lipinski definition) is 1. The summed E-state index contributed by atoms with van der Waals surface area (Å²) in [6, 6.07) is 8.99. The Bertz CT molecular complexity index is 978. The van der Waals surface area contributed by atoms with Crippen LogP contribution < -0.4 is 15.1 Å². The fraction of sp³-hybridized carbons (Fsp3) is 0.500. The number of carbonyl (C=O) groups is 1. The molecule has 0 unspecified atom stereocenters. The van der Waals surface area contributed by atoms with Gasteiger partial charge in [-0.3, -0.25) is 9.78 Å². The number of benzene rings is 1. The lowest BCUT2D eigenvalue weighted by Gasteiger charge is -2.39. The van der Waals surface area contributed by atoms with Gasteiger partial charge < -0.3 is 19.9 Å². The third-order valence-corrected chi connectivity index (χ3v) is 6.06. The van der Waals surface area contributed by atoms with E-state index in [2.05, 4.69) is 29.0 Å². The minimum absolute atomic E-state index is 0.0933. The molecule has 6 nitrogen and oxygen atoms in total. The van der Waals surface area contributed by atoms with Crippen molar-refractivity contribution >= 4 is 17.3 Å². The minimum Gasteiger partial charge on any atom is -0.372 e. The van der Waals surface area contributed by atoms with E-state index in [4.69, 9.17) is 4.74 Å². The van der Waals surface area contributed by atoms with Gasteiger partial charge in [-0.1, -0.05) is 12.1 Å². The normalized spacial score (nSPS) is 20.7. The number of nitrogens with zero attached hydrogens (tertiary/aromatic N) is 3. The summed E-state index contributed by atoms with van der Waals surface area (Å²) >= 11 is 0. The van der Waals surface area contributed by atoms with Crippen molar-refractivity contribution < 1.29 is 22.7 Å². The van der Waals surface area contributed by atoms with Crippen LogP contribution in [0.3, 0.4) is 0 Å². The van der Waals surface area contributed by atoms with E-state index in [0.29, 0.717) is 31.8 Å². The summed E-state index contributed by atoms with van der Waals surface area (Å²) in [6.07, 6.45) is -1.24. The maximum atomic E-state index is 13.0. The summed E-state index contributed by atoms with van der Waals surface area (Å²) < 4.78 is 44.6. The van der Waals surface area contributed by atoms with Gasteiger partial charge in [-0.25, -0.2) is 0 Å². The highest BCUT2D eigenvalue weighted by molar-refractivity contribution is 5.79. The van der Waals surface area contributed by atoms with Crippen molar-refractivity contribution in [2.24, 2.45) is 0 Å². The van der Waals surface area contributed by atoms with Crippen molar-refractivity contribution in [2.75, 3.05) is 42.6 Å². The van der Waals surface area contributed by atoms with Crippen molar-refractivity contribution in [3.05, 3.63) is 53.9 Å². The summed E-state index contributed by atoms with van der Waals surface area (Å²) in [5.41, 5.74) is 1.49. The Kier molecular flexibility index (Phi) is 6.52. The van der Waals surface area contributed by atoms with Crippen LogP contribution in [0.5, 0.6) is 0 Å². The molecule has 1 atom stereocenters. The van der Waals surface area contributed by atoms with E-state index in [9.17, 15) is 18.0 Å². The number of morpholine rings is 1. The van der Waals surface area contributed by atoms with Gasteiger partial charge in [-0.15, -0.1) is 0 Å². The molecular formula is C24H29F3N4O2. The van der Waals surface area contributed by atoms with E-state index in [0.717, 1.165) is 36.6 Å². The molecule has 0 saturated carbocycles. The Labute approximate surface area is 191 Å². The number of halogens is 3. The highest BCUT2D eigenvalue weighted by atomic mass is 19.4. The van der Waals surface area contributed by atoms with Crippen molar-refractivity contribution in [2.45, 2.75) is 44.5 Å². The molecule has 33 heavy (non-hydrogen) atoms. The van der Waals surface area contributed by atoms with Gasteiger partial charge in [0.25, 0.3) is 0 Å². The van der Waals surface area contributed by atoms with Crippen molar-refractivity contribution in [1.29, 1.82) is 0 Å². The number of pyridine rings is 1. The molecule has 178 valence electrons. The lowest BCUT2D eigenvalue weighted by atomic mass is 10.1. The number of rotatable bonds is 5. The maximum Gasteiger partial charge on any atom is 0.417 e. The van der Waals surface area contributed by atoms with Gasteiger partial charge >= 0.3 is 6.18 Å². The summed E-state index contributed by atoms with van der Waals surface area (Å²) in [4.78, 5) is 20.4. The molecule has 9 heteroatoms. The average molecular weight is 463 g/mol. The summed E-state index contributed by atoms with van der Waals surface area (Å²) in [6.45, 7) is 7.51. The maximum absolute atomic E-state index is 13.0. The number of nitrogens with one attached hydrogen (secondary N) is 1. The summed E-state index contributed by atoms with van der Waals surface area (Å²) in [5.74, 6) is -0.0933. The fourth-order valence-corrected chi connectivity index (χ4v) is 4.39. The second kappa shape index (κ2) is 9.21. The van der Waals surface area contributed by atoms with Crippen molar-refractivity contribution in [1.82, 2.24) is 10.3 Å². The monoisotopic (exact) mass is 462 g/mol. The van der Waals surface area contributed by atoms with Crippen molar-refractivity contribution in [3.8, 4) is 0 Å². The molecule has 1 aromatic heterocycles. The number of amides is 1. The minimum atomic E-state index is -4.43. The smallest absolute Gasteiger partial charge is 0.372 e. The molecule has 2 saturated heterocycles. The van der Waals surface area contributed by atoms with Gasteiger partial charge in [0.15, 0.2) is 0 Å². The predicted octanol–water partition coefficient (Wildman–Crippen LogP) is 3.65. The molecule has 2 fully saturated rings. The molecular weight excluding hydrogens is 433 g/mol. The zero-order chi connectivity index (χ0) is 23.6. The van der Waals surface area contributed by atoms with Gasteiger partial charge in [0.2, 0.25) is 5.91 Å². The molecule has 0 aliphatic carbocycles. The lowest BCUT2D eigenvalue weighted by Crippen LogP contribution is -2.48. The van der Waals surface area contributed by atoms with Crippen LogP contribution in [0.4, 0.5) is 24.5 Å². The van der Waals surface area contributed by atoms with Crippen LogP contribution >= 0.6 is 0 Å². The molecule has 1 aromatic carbocycles. The quantitative estimate of drug-likeness (QED) is 0.735. The Morgan fingerprint density at radius 3 is 2.61 bits per heavy atom. The number of ether oxygens (including phenoxy) is 1. The standard InChI is InChI=1S/C24H29F3N4O2/c1-23(2)16-31(9-10-33-23)20-5-3-17(4-6-20)11-22(32)29-19-7-8-30(15-19)21-12-18(13-28-14-21)24(25,26)27/h3-6,12-14,19H,7-11,15-16H2,1-2H3,(H,29,32)/t19-/m1/s1. The van der Waals surface area contributed by atoms with Gasteiger partial charge in [0.1, 0.15) is 0 Å². The van der Waals surface area contributed by atoms with E-state index >= 15 is 0 Å². The summed E-state index contributed by atoms with van der Waals surface area (Å²) in [5, 5.41) is 3.01. The fourth-order valence-electron chi connectivity index (χ4n) is 4.39. The van der Waals surface area contributed by atoms with E-state index in [-0.39, 0.29) is 24.0 Å². The largest absolute Gasteiger partial charge is 0.417 e. The lowest BCUT2D eigenvalue weighted by molar-refractivity contribution is -0.137. The number of alkyl halides is 3. The predicted molar refractivity (Wildman–Crippen MR) is 120 cm³/mol. The van der Waals surface area contributed by atoms with Gasteiger partial charge in [0, 0.05) is 44.1 Å². The highest BCUT2D eigenvalue weighted by Crippen LogP contribution is 2.31. The second-order valence-electron chi connectivity index (χ2n) is 9.30. The van der Waals surface area contributed by atoms with Crippen LogP contribution in [-0.2, 0) is 22.1 Å². The van der Waals surface area contributed by atoms with E-state index < -0.39 is 11.7 Å². The first-order chi connectivity index (χ1) is 15.6. The number of carbonyl (C=O) groups excluding carboxylic acids is 1. The average Bonchev–Trinajstić information content (AvgIpc) is 3.21. The zero-order valence-corrected chi connectivity index (χ0v) is 18.9. The molecule has 0 spiro atoms.